The van der Waals surface area contributed by atoms with Crippen LogP contribution in [0.3, 0.4) is 0 Å². The number of aliphatic carboxylic acids is 1. The van der Waals surface area contributed by atoms with Gasteiger partial charge in [-0.15, -0.1) is 0 Å². The minimum absolute atomic E-state index is 0.0969. The van der Waals surface area contributed by atoms with Crippen molar-refractivity contribution in [1.82, 2.24) is 16.0 Å². The quantitative estimate of drug-likeness (QED) is 0.0957. The van der Waals surface area contributed by atoms with E-state index in [0.717, 1.165) is 0 Å². The number of nitrogens with two attached hydrogens (primary N) is 4. The van der Waals surface area contributed by atoms with Crippen LogP contribution in [0.2, 0.25) is 0 Å². The van der Waals surface area contributed by atoms with Crippen molar-refractivity contribution in [2.45, 2.75) is 76.5 Å². The molecule has 0 spiro atoms. The van der Waals surface area contributed by atoms with Crippen molar-refractivity contribution in [3.63, 3.8) is 0 Å². The molecule has 0 aromatic heterocycles. The second-order valence-corrected chi connectivity index (χ2v) is 8.25. The second kappa shape index (κ2) is 15.6. The number of rotatable bonds is 17. The van der Waals surface area contributed by atoms with Gasteiger partial charge in [-0.2, -0.15) is 0 Å². The fourth-order valence-corrected chi connectivity index (χ4v) is 2.83. The number of carbonyl (C=O) groups is 6. The van der Waals surface area contributed by atoms with E-state index in [4.69, 9.17) is 22.9 Å². The third-order valence-electron chi connectivity index (χ3n) is 4.93. The molecular weight excluding hydrogens is 450 g/mol. The van der Waals surface area contributed by atoms with Crippen molar-refractivity contribution in [3.05, 3.63) is 0 Å². The molecule has 14 nitrogen and oxygen atoms in total. The van der Waals surface area contributed by atoms with Gasteiger partial charge >= 0.3 is 5.97 Å². The number of hydrogen-bond acceptors (Lipinski definition) is 8. The van der Waals surface area contributed by atoms with Crippen molar-refractivity contribution < 1.29 is 33.9 Å². The molecule has 194 valence electrons. The maximum Gasteiger partial charge on any atom is 0.326 e. The van der Waals surface area contributed by atoms with Crippen LogP contribution in [0.15, 0.2) is 0 Å². The fourth-order valence-electron chi connectivity index (χ4n) is 2.83. The Labute approximate surface area is 197 Å². The number of carboxylic acids is 1. The van der Waals surface area contributed by atoms with Crippen LogP contribution >= 0.6 is 0 Å². The van der Waals surface area contributed by atoms with Gasteiger partial charge in [0.2, 0.25) is 29.5 Å². The predicted octanol–water partition coefficient (Wildman–Crippen LogP) is -3.22. The highest BCUT2D eigenvalue weighted by molar-refractivity contribution is 5.96. The maximum atomic E-state index is 12.8. The molecule has 0 aliphatic rings. The number of hydrogen-bond donors (Lipinski definition) is 8. The van der Waals surface area contributed by atoms with Gasteiger partial charge in [-0.25, -0.2) is 4.79 Å². The third-order valence-corrected chi connectivity index (χ3v) is 4.93. The monoisotopic (exact) mass is 487 g/mol. The first-order valence-electron chi connectivity index (χ1n) is 11.0. The molecule has 0 aliphatic carbocycles. The van der Waals surface area contributed by atoms with E-state index >= 15 is 0 Å². The van der Waals surface area contributed by atoms with E-state index in [1.165, 1.54) is 0 Å². The Morgan fingerprint density at radius 2 is 1.29 bits per heavy atom. The minimum atomic E-state index is -1.42. The largest absolute Gasteiger partial charge is 0.480 e. The van der Waals surface area contributed by atoms with Gasteiger partial charge in [0.15, 0.2) is 0 Å². The molecule has 0 heterocycles. The van der Waals surface area contributed by atoms with Gasteiger partial charge in [-0.05, 0) is 38.1 Å². The summed E-state index contributed by atoms with van der Waals surface area (Å²) in [4.78, 5) is 71.7. The normalized spacial score (nSPS) is 14.4. The zero-order chi connectivity index (χ0) is 26.4. The number of amides is 5. The summed E-state index contributed by atoms with van der Waals surface area (Å²) in [7, 11) is 0. The van der Waals surface area contributed by atoms with Gasteiger partial charge in [0.1, 0.15) is 18.1 Å². The minimum Gasteiger partial charge on any atom is -0.480 e. The molecular formula is C20H37N7O7. The summed E-state index contributed by atoms with van der Waals surface area (Å²) in [6.45, 7) is 3.72. The third kappa shape index (κ3) is 12.1. The Kier molecular flexibility index (Phi) is 14.1. The standard InChI is InChI=1S/C20H37N7O7/c1-10(2)16(24)19(32)27-13(9-15(23)29)18(31)25-11(5-3-4-8-21)17(30)26-12(20(33)34)6-7-14(22)28/h10-13,16H,3-9,21,24H2,1-2H3,(H2,22,28)(H2,23,29)(H,25,31)(H,26,30)(H,27,32)(H,33,34). The smallest absolute Gasteiger partial charge is 0.326 e. The van der Waals surface area contributed by atoms with Crippen LogP contribution < -0.4 is 38.9 Å². The van der Waals surface area contributed by atoms with E-state index in [1.54, 1.807) is 13.8 Å². The molecule has 0 bridgehead atoms. The van der Waals surface area contributed by atoms with Gasteiger partial charge < -0.3 is 44.0 Å². The molecule has 0 aromatic rings. The van der Waals surface area contributed by atoms with Crippen LogP contribution in [0.1, 0.15) is 52.4 Å². The Morgan fingerprint density at radius 1 is 0.765 bits per heavy atom. The van der Waals surface area contributed by atoms with Crippen LogP contribution in [0, 0.1) is 5.92 Å². The molecule has 14 heteroatoms. The number of nitrogens with one attached hydrogen (secondary N) is 3. The second-order valence-electron chi connectivity index (χ2n) is 8.25. The van der Waals surface area contributed by atoms with Gasteiger partial charge in [-0.3, -0.25) is 24.0 Å². The van der Waals surface area contributed by atoms with E-state index < -0.39 is 66.1 Å². The highest BCUT2D eigenvalue weighted by atomic mass is 16.4. The van der Waals surface area contributed by atoms with Crippen molar-refractivity contribution >= 4 is 35.5 Å². The van der Waals surface area contributed by atoms with Crippen LogP contribution in [-0.4, -0.2) is 71.3 Å². The summed E-state index contributed by atoms with van der Waals surface area (Å²) >= 11 is 0. The predicted molar refractivity (Wildman–Crippen MR) is 121 cm³/mol. The molecule has 4 unspecified atom stereocenters. The fraction of sp³-hybridized carbons (Fsp3) is 0.700. The Morgan fingerprint density at radius 3 is 1.76 bits per heavy atom. The summed E-state index contributed by atoms with van der Waals surface area (Å²) < 4.78 is 0. The molecule has 0 saturated heterocycles. The van der Waals surface area contributed by atoms with E-state index in [0.29, 0.717) is 19.4 Å². The molecule has 0 fully saturated rings. The van der Waals surface area contributed by atoms with Gasteiger partial charge in [0.05, 0.1) is 12.5 Å². The zero-order valence-electron chi connectivity index (χ0n) is 19.5. The number of carboxylic acid groups (broad SMARTS) is 1. The first-order chi connectivity index (χ1) is 15.8. The molecule has 0 aliphatic heterocycles. The molecule has 12 N–H and O–H groups in total. The maximum absolute atomic E-state index is 12.8. The van der Waals surface area contributed by atoms with Crippen LogP contribution in [0.25, 0.3) is 0 Å². The number of carbonyl (C=O) groups excluding carboxylic acids is 5. The Hall–Kier alpha value is -3.26. The van der Waals surface area contributed by atoms with Crippen LogP contribution in [-0.2, 0) is 28.8 Å². The lowest BCUT2D eigenvalue weighted by Crippen LogP contribution is -2.58. The SMILES string of the molecule is CC(C)C(N)C(=O)NC(CC(N)=O)C(=O)NC(CCCCN)C(=O)NC(CCC(N)=O)C(=O)O. The topological polar surface area (TPSA) is 263 Å². The molecule has 0 aromatic carbocycles. The van der Waals surface area contributed by atoms with Crippen molar-refractivity contribution in [1.29, 1.82) is 0 Å². The van der Waals surface area contributed by atoms with E-state index in [9.17, 15) is 33.9 Å². The van der Waals surface area contributed by atoms with E-state index in [2.05, 4.69) is 16.0 Å². The molecule has 0 saturated carbocycles. The number of primary amides is 2. The summed E-state index contributed by atoms with van der Waals surface area (Å²) in [5.74, 6) is -5.63. The van der Waals surface area contributed by atoms with Crippen molar-refractivity contribution in [3.8, 4) is 0 Å². The lowest BCUT2D eigenvalue weighted by Gasteiger charge is -2.25. The molecule has 5 amide bonds. The first-order valence-corrected chi connectivity index (χ1v) is 11.0. The van der Waals surface area contributed by atoms with Gasteiger partial charge in [0.25, 0.3) is 0 Å². The summed E-state index contributed by atoms with van der Waals surface area (Å²) in [5.41, 5.74) is 21.5. The summed E-state index contributed by atoms with van der Waals surface area (Å²) in [5, 5.41) is 16.4. The highest BCUT2D eigenvalue weighted by Crippen LogP contribution is 2.06. The van der Waals surface area contributed by atoms with Gasteiger partial charge in [-0.1, -0.05) is 13.8 Å². The molecule has 0 rings (SSSR count). The lowest BCUT2D eigenvalue weighted by molar-refractivity contribution is -0.142. The number of unbranched alkanes of at least 4 members (excludes halogenated alkanes) is 1. The Bertz CT molecular complexity index is 745. The molecule has 34 heavy (non-hydrogen) atoms. The molecule has 4 atom stereocenters. The van der Waals surface area contributed by atoms with Crippen LogP contribution in [0.4, 0.5) is 0 Å². The first kappa shape index (κ1) is 30.7. The van der Waals surface area contributed by atoms with E-state index in [-0.39, 0.29) is 25.2 Å². The van der Waals surface area contributed by atoms with Gasteiger partial charge in [0, 0.05) is 6.42 Å². The zero-order valence-corrected chi connectivity index (χ0v) is 19.5. The molecule has 0 radical (unpaired) electrons. The van der Waals surface area contributed by atoms with Crippen molar-refractivity contribution in [2.24, 2.45) is 28.9 Å². The summed E-state index contributed by atoms with van der Waals surface area (Å²) in [6.07, 6.45) is -0.0273. The average Bonchev–Trinajstić information content (AvgIpc) is 2.73. The van der Waals surface area contributed by atoms with E-state index in [1.807, 2.05) is 0 Å². The Balaban J connectivity index is 5.55. The average molecular weight is 488 g/mol. The highest BCUT2D eigenvalue weighted by Gasteiger charge is 2.31. The lowest BCUT2D eigenvalue weighted by atomic mass is 10.0. The van der Waals surface area contributed by atoms with Crippen molar-refractivity contribution in [2.75, 3.05) is 6.54 Å². The van der Waals surface area contributed by atoms with Crippen LogP contribution in [0.5, 0.6) is 0 Å². The summed E-state index contributed by atoms with van der Waals surface area (Å²) in [6, 6.07) is -4.97.